The van der Waals surface area contributed by atoms with Gasteiger partial charge in [0.2, 0.25) is 0 Å². The summed E-state index contributed by atoms with van der Waals surface area (Å²) in [7, 11) is 0. The van der Waals surface area contributed by atoms with Gasteiger partial charge in [0.25, 0.3) is 0 Å². The number of hydrazine groups is 10. The largest absolute Gasteiger partial charge is 0.462 e. The zero-order valence-electron chi connectivity index (χ0n) is 62.5. The molecule has 0 spiro atoms. The summed E-state index contributed by atoms with van der Waals surface area (Å²) in [5.74, 6) is -1.15. The number of nitrogens with zero attached hydrogens (tertiary/aromatic N) is 5. The molecule has 0 aromatic carbocycles. The SMILES string of the molecule is CCCCCCCCC1NNN(CC(C)O)C1CCCCCCCC(=O)OCC(COC(=O)CCCCCCCC1C(CC2NNN(CC(C)O)C2CCCCC)NNN1CC(C)O)OC(=O)CCCCCCCC1NNN(CC(C)O)C1CC1NNN(CC(C)O)C1CCCCC. The van der Waals surface area contributed by atoms with Gasteiger partial charge >= 0.3 is 17.9 Å². The van der Waals surface area contributed by atoms with Crippen molar-refractivity contribution < 1.29 is 54.1 Å². The molecule has 5 aliphatic rings. The van der Waals surface area contributed by atoms with E-state index in [-0.39, 0.29) is 92.7 Å². The quantitative estimate of drug-likeness (QED) is 0.0164. The number of esters is 3. The summed E-state index contributed by atoms with van der Waals surface area (Å²) in [6.07, 6.45) is 33.4. The third-order valence-corrected chi connectivity index (χ3v) is 20.5. The van der Waals surface area contributed by atoms with Gasteiger partial charge in [-0.25, -0.2) is 52.2 Å². The zero-order chi connectivity index (χ0) is 70.9. The van der Waals surface area contributed by atoms with Crippen LogP contribution in [0.25, 0.3) is 0 Å². The summed E-state index contributed by atoms with van der Waals surface area (Å²) in [6, 6.07) is 2.15. The molecule has 26 nitrogen and oxygen atoms in total. The van der Waals surface area contributed by atoms with Crippen LogP contribution in [0.3, 0.4) is 0 Å². The molecule has 0 saturated carbocycles. The number of unbranched alkanes of at least 4 members (excludes halogenated alkanes) is 21. The van der Waals surface area contributed by atoms with Crippen molar-refractivity contribution in [2.24, 2.45) is 0 Å². The standard InChI is InChI=1S/C72H145N15O11/c1-9-12-15-16-20-29-36-60-65(83(78-73-60)47-54(4)88)40-31-22-18-24-33-42-70(93)96-52-59(98-72(95)44-35-26-17-21-30-37-61-69(87(79-74-61)51-58(8)92)46-64-68(39-28-14-11-3)86(82-77-64)50-57(7)91)53-97-71(94)43-34-25-19-23-32-41-67-63(76-81-85(67)49-56(6)90)45-62-66(38-27-13-10-2)84(80-75-62)48-55(5)89/h54-69,73-82,88-92H,9-53H2,1-8H3. The van der Waals surface area contributed by atoms with Crippen LogP contribution in [0.2, 0.25) is 0 Å². The Bertz CT molecular complexity index is 2060. The molecule has 5 rings (SSSR count). The molecular weight excluding hydrogens is 1250 g/mol. The second kappa shape index (κ2) is 50.9. The van der Waals surface area contributed by atoms with Crippen LogP contribution >= 0.6 is 0 Å². The van der Waals surface area contributed by atoms with E-state index in [1.807, 2.05) is 34.6 Å². The predicted octanol–water partition coefficient (Wildman–Crippen LogP) is 7.08. The van der Waals surface area contributed by atoms with E-state index in [9.17, 15) is 39.9 Å². The average Bonchev–Trinajstić information content (AvgIpc) is 1.61. The van der Waals surface area contributed by atoms with Crippen molar-refractivity contribution in [3.63, 3.8) is 0 Å². The molecule has 0 bridgehead atoms. The number of aliphatic hydroxyl groups excluding tert-OH is 5. The third-order valence-electron chi connectivity index (χ3n) is 20.5. The number of carbonyl (C=O) groups is 3. The first-order chi connectivity index (χ1) is 47.4. The van der Waals surface area contributed by atoms with Crippen molar-refractivity contribution in [2.45, 2.75) is 396 Å². The van der Waals surface area contributed by atoms with Gasteiger partial charge in [0, 0.05) is 112 Å². The first kappa shape index (κ1) is 86.3. The normalized spacial score (nSPS) is 26.3. The third kappa shape index (κ3) is 34.5. The second-order valence-electron chi connectivity index (χ2n) is 30.1. The Labute approximate surface area is 591 Å². The summed E-state index contributed by atoms with van der Waals surface area (Å²) in [5, 5.41) is 62.3. The Morgan fingerprint density at radius 2 is 0.571 bits per heavy atom. The molecule has 26 heteroatoms. The van der Waals surface area contributed by atoms with Gasteiger partial charge in [-0.05, 0) is 105 Å². The zero-order valence-corrected chi connectivity index (χ0v) is 62.5. The van der Waals surface area contributed by atoms with E-state index in [2.05, 4.69) is 101 Å². The van der Waals surface area contributed by atoms with Crippen molar-refractivity contribution in [3.05, 3.63) is 0 Å². The van der Waals surface area contributed by atoms with Crippen LogP contribution in [0.15, 0.2) is 0 Å². The van der Waals surface area contributed by atoms with Crippen LogP contribution in [0.1, 0.15) is 299 Å². The lowest BCUT2D eigenvalue weighted by Crippen LogP contribution is -2.48. The van der Waals surface area contributed by atoms with Crippen molar-refractivity contribution >= 4 is 17.9 Å². The minimum Gasteiger partial charge on any atom is -0.462 e. The average molecular weight is 1400 g/mol. The van der Waals surface area contributed by atoms with Gasteiger partial charge in [-0.15, -0.1) is 0 Å². The lowest BCUT2D eigenvalue weighted by molar-refractivity contribution is -0.167. The summed E-state index contributed by atoms with van der Waals surface area (Å²) in [6.45, 7) is 18.1. The van der Waals surface area contributed by atoms with E-state index in [0.29, 0.717) is 64.1 Å². The van der Waals surface area contributed by atoms with Crippen LogP contribution in [0, 0.1) is 0 Å². The van der Waals surface area contributed by atoms with Gasteiger partial charge in [0.1, 0.15) is 13.2 Å². The molecule has 0 aromatic heterocycles. The Morgan fingerprint density at radius 1 is 0.316 bits per heavy atom. The van der Waals surface area contributed by atoms with Gasteiger partial charge < -0.3 is 39.7 Å². The van der Waals surface area contributed by atoms with Crippen LogP contribution in [-0.4, -0.2) is 211 Å². The van der Waals surface area contributed by atoms with Gasteiger partial charge in [-0.1, -0.05) is 175 Å². The Balaban J connectivity index is 1.05. The van der Waals surface area contributed by atoms with Gasteiger partial charge in [-0.2, -0.15) is 27.7 Å². The lowest BCUT2D eigenvalue weighted by Gasteiger charge is -2.32. The first-order valence-electron chi connectivity index (χ1n) is 39.7. The summed E-state index contributed by atoms with van der Waals surface area (Å²) >= 11 is 0. The molecule has 98 heavy (non-hydrogen) atoms. The van der Waals surface area contributed by atoms with Gasteiger partial charge in [-0.3, -0.25) is 14.4 Å². The van der Waals surface area contributed by atoms with Gasteiger partial charge in [0.15, 0.2) is 6.10 Å². The maximum Gasteiger partial charge on any atom is 0.306 e. The molecule has 5 fully saturated rings. The van der Waals surface area contributed by atoms with E-state index in [1.165, 1.54) is 51.4 Å². The van der Waals surface area contributed by atoms with Crippen molar-refractivity contribution in [1.29, 1.82) is 0 Å². The van der Waals surface area contributed by atoms with Crippen molar-refractivity contribution in [3.8, 4) is 0 Å². The molecule has 0 amide bonds. The first-order valence-corrected chi connectivity index (χ1v) is 39.7. The Morgan fingerprint density at radius 3 is 0.929 bits per heavy atom. The van der Waals surface area contributed by atoms with E-state index in [0.717, 1.165) is 154 Å². The molecular formula is C72H145N15O11. The predicted molar refractivity (Wildman–Crippen MR) is 385 cm³/mol. The van der Waals surface area contributed by atoms with Crippen molar-refractivity contribution in [1.82, 2.24) is 79.8 Å². The molecule has 0 aliphatic carbocycles. The Kier molecular flexibility index (Phi) is 44.8. The minimum atomic E-state index is -0.919. The molecule has 0 radical (unpaired) electrons. The number of carbonyl (C=O) groups excluding carboxylic acids is 3. The molecule has 16 unspecified atom stereocenters. The number of rotatable bonds is 58. The number of ether oxygens (including phenoxy) is 3. The maximum absolute atomic E-state index is 13.4. The number of hydrogen-bond donors (Lipinski definition) is 15. The van der Waals surface area contributed by atoms with Crippen LogP contribution in [-0.2, 0) is 28.6 Å². The Hall–Kier alpha value is -2.39. The summed E-state index contributed by atoms with van der Waals surface area (Å²) in [5.41, 5.74) is 34.4. The number of hydrogen-bond acceptors (Lipinski definition) is 26. The molecule has 5 heterocycles. The fraction of sp³-hybridized carbons (Fsp3) is 0.958. The molecule has 16 atom stereocenters. The van der Waals surface area contributed by atoms with E-state index >= 15 is 0 Å². The highest BCUT2D eigenvalue weighted by molar-refractivity contribution is 5.71. The molecule has 5 aliphatic heterocycles. The van der Waals surface area contributed by atoms with E-state index < -0.39 is 42.6 Å². The summed E-state index contributed by atoms with van der Waals surface area (Å²) < 4.78 is 17.4. The summed E-state index contributed by atoms with van der Waals surface area (Å²) in [4.78, 5) is 39.8. The van der Waals surface area contributed by atoms with Crippen LogP contribution in [0.4, 0.5) is 0 Å². The fourth-order valence-electron chi connectivity index (χ4n) is 15.3. The van der Waals surface area contributed by atoms with E-state index in [4.69, 9.17) is 14.2 Å². The smallest absolute Gasteiger partial charge is 0.306 e. The van der Waals surface area contributed by atoms with Crippen LogP contribution < -0.4 is 54.8 Å². The number of nitrogens with one attached hydrogen (secondary N) is 10. The molecule has 15 N–H and O–H groups in total. The molecule has 0 aromatic rings. The van der Waals surface area contributed by atoms with E-state index in [1.54, 1.807) is 0 Å². The topological polar surface area (TPSA) is 317 Å². The number of β-amino-alcohol motifs (C(OH)–C–C–N with tert-alkyl or cyclic N) is 5. The van der Waals surface area contributed by atoms with Crippen molar-refractivity contribution in [2.75, 3.05) is 45.9 Å². The monoisotopic (exact) mass is 1400 g/mol. The molecule has 5 saturated heterocycles. The highest BCUT2D eigenvalue weighted by Gasteiger charge is 2.43. The fourth-order valence-corrected chi connectivity index (χ4v) is 15.3. The second-order valence-corrected chi connectivity index (χ2v) is 30.1. The van der Waals surface area contributed by atoms with Crippen LogP contribution in [0.5, 0.6) is 0 Å². The van der Waals surface area contributed by atoms with Gasteiger partial charge in [0.05, 0.1) is 30.5 Å². The highest BCUT2D eigenvalue weighted by atomic mass is 16.6. The molecule has 574 valence electrons. The number of aliphatic hydroxyl groups is 5. The maximum atomic E-state index is 13.4. The highest BCUT2D eigenvalue weighted by Crippen LogP contribution is 2.29. The lowest BCUT2D eigenvalue weighted by atomic mass is 9.90. The minimum absolute atomic E-state index is 0.141.